The van der Waals surface area contributed by atoms with Crippen molar-refractivity contribution >= 4 is 17.7 Å². The van der Waals surface area contributed by atoms with Gasteiger partial charge in [0.2, 0.25) is 5.91 Å². The first-order valence-corrected chi connectivity index (χ1v) is 10.3. The van der Waals surface area contributed by atoms with Gasteiger partial charge in [-0.2, -0.15) is 0 Å². The summed E-state index contributed by atoms with van der Waals surface area (Å²) in [6.45, 7) is 8.09. The quantitative estimate of drug-likeness (QED) is 0.616. The molecule has 0 unspecified atom stereocenters. The van der Waals surface area contributed by atoms with Crippen molar-refractivity contribution in [3.05, 3.63) is 83.2 Å². The van der Waals surface area contributed by atoms with Crippen molar-refractivity contribution in [3.8, 4) is 0 Å². The van der Waals surface area contributed by atoms with Gasteiger partial charge in [0, 0.05) is 37.9 Å². The van der Waals surface area contributed by atoms with Crippen LogP contribution in [-0.2, 0) is 11.3 Å². The molecule has 3 aromatic rings. The summed E-state index contributed by atoms with van der Waals surface area (Å²) in [5.41, 5.74) is 5.74. The Kier molecular flexibility index (Phi) is 5.93. The van der Waals surface area contributed by atoms with Crippen LogP contribution < -0.4 is 4.90 Å². The zero-order valence-electron chi connectivity index (χ0n) is 17.5. The third kappa shape index (κ3) is 4.59. The topological polar surface area (TPSA) is 54.3 Å². The summed E-state index contributed by atoms with van der Waals surface area (Å²) in [5, 5.41) is 8.29. The lowest BCUT2D eigenvalue weighted by Crippen LogP contribution is -2.48. The second-order valence-electron chi connectivity index (χ2n) is 7.69. The Labute approximate surface area is 177 Å². The highest BCUT2D eigenvalue weighted by Crippen LogP contribution is 2.23. The lowest BCUT2D eigenvalue weighted by molar-refractivity contribution is -0.126. The number of rotatable bonds is 5. The Balaban J connectivity index is 1.32. The monoisotopic (exact) mass is 401 g/mol. The number of aromatic nitrogens is 3. The molecule has 0 saturated carbocycles. The van der Waals surface area contributed by atoms with Crippen molar-refractivity contribution in [1.82, 2.24) is 19.9 Å². The molecule has 0 radical (unpaired) electrons. The molecule has 6 heteroatoms. The predicted molar refractivity (Wildman–Crippen MR) is 119 cm³/mol. The highest BCUT2D eigenvalue weighted by molar-refractivity contribution is 5.91. The van der Waals surface area contributed by atoms with Crippen LogP contribution in [0.2, 0.25) is 0 Å². The molecule has 0 atom stereocenters. The van der Waals surface area contributed by atoms with Crippen molar-refractivity contribution in [2.75, 3.05) is 31.1 Å². The molecule has 1 aliphatic heterocycles. The van der Waals surface area contributed by atoms with E-state index in [0.717, 1.165) is 31.7 Å². The summed E-state index contributed by atoms with van der Waals surface area (Å²) in [5.74, 6) is 0.0215. The van der Waals surface area contributed by atoms with Gasteiger partial charge in [0.05, 0.1) is 12.7 Å². The molecule has 0 spiro atoms. The number of anilines is 1. The maximum absolute atomic E-state index is 12.6. The maximum Gasteiger partial charge on any atom is 0.246 e. The minimum absolute atomic E-state index is 0.0215. The first-order chi connectivity index (χ1) is 14.6. The summed E-state index contributed by atoms with van der Waals surface area (Å²) in [4.78, 5) is 16.9. The SMILES string of the molecule is Cc1cccc(N2CCN(C(=O)/C=C/c3cn(Cc4ccccc4)nn3)CC2)c1C. The summed E-state index contributed by atoms with van der Waals surface area (Å²) in [6.07, 6.45) is 5.20. The molecule has 30 heavy (non-hydrogen) atoms. The number of benzene rings is 2. The highest BCUT2D eigenvalue weighted by atomic mass is 16.2. The fourth-order valence-corrected chi connectivity index (χ4v) is 3.75. The zero-order chi connectivity index (χ0) is 20.9. The summed E-state index contributed by atoms with van der Waals surface area (Å²) in [6, 6.07) is 16.5. The van der Waals surface area contributed by atoms with Gasteiger partial charge in [-0.05, 0) is 42.7 Å². The number of hydrogen-bond acceptors (Lipinski definition) is 4. The van der Waals surface area contributed by atoms with Gasteiger partial charge >= 0.3 is 0 Å². The van der Waals surface area contributed by atoms with Gasteiger partial charge in [0.25, 0.3) is 0 Å². The van der Waals surface area contributed by atoms with Crippen molar-refractivity contribution < 1.29 is 4.79 Å². The molecular formula is C24H27N5O. The molecule has 2 heterocycles. The van der Waals surface area contributed by atoms with Gasteiger partial charge in [0.15, 0.2) is 0 Å². The van der Waals surface area contributed by atoms with Gasteiger partial charge in [-0.3, -0.25) is 4.79 Å². The Morgan fingerprint density at radius 3 is 2.53 bits per heavy atom. The number of carbonyl (C=O) groups excluding carboxylic acids is 1. The Morgan fingerprint density at radius 1 is 1.00 bits per heavy atom. The van der Waals surface area contributed by atoms with Crippen molar-refractivity contribution in [2.45, 2.75) is 20.4 Å². The second-order valence-corrected chi connectivity index (χ2v) is 7.69. The first-order valence-electron chi connectivity index (χ1n) is 10.3. The van der Waals surface area contributed by atoms with Crippen LogP contribution in [0, 0.1) is 13.8 Å². The molecule has 1 amide bonds. The van der Waals surface area contributed by atoms with Crippen LogP contribution in [0.3, 0.4) is 0 Å². The predicted octanol–water partition coefficient (Wildman–Crippen LogP) is 3.31. The zero-order valence-corrected chi connectivity index (χ0v) is 17.5. The molecule has 1 saturated heterocycles. The van der Waals surface area contributed by atoms with E-state index < -0.39 is 0 Å². The van der Waals surface area contributed by atoms with Crippen LogP contribution in [0.4, 0.5) is 5.69 Å². The summed E-state index contributed by atoms with van der Waals surface area (Å²) < 4.78 is 1.78. The maximum atomic E-state index is 12.6. The van der Waals surface area contributed by atoms with Crippen LogP contribution in [0.1, 0.15) is 22.4 Å². The standard InChI is InChI=1S/C24H27N5O/c1-19-7-6-10-23(20(19)2)27-13-15-28(16-14-27)24(30)12-11-22-18-29(26-25-22)17-21-8-4-3-5-9-21/h3-12,18H,13-17H2,1-2H3/b12-11+. The summed E-state index contributed by atoms with van der Waals surface area (Å²) in [7, 11) is 0. The fraction of sp³-hybridized carbons (Fsp3) is 0.292. The lowest BCUT2D eigenvalue weighted by atomic mass is 10.1. The van der Waals surface area contributed by atoms with E-state index in [0.29, 0.717) is 12.2 Å². The molecule has 1 fully saturated rings. The normalized spacial score (nSPS) is 14.5. The molecular weight excluding hydrogens is 374 g/mol. The smallest absolute Gasteiger partial charge is 0.246 e. The van der Waals surface area contributed by atoms with Crippen LogP contribution in [-0.4, -0.2) is 52.0 Å². The average Bonchev–Trinajstić information content (AvgIpc) is 3.22. The third-order valence-electron chi connectivity index (χ3n) is 5.65. The van der Waals surface area contributed by atoms with E-state index in [-0.39, 0.29) is 5.91 Å². The van der Waals surface area contributed by atoms with E-state index in [4.69, 9.17) is 0 Å². The van der Waals surface area contributed by atoms with Crippen molar-refractivity contribution in [3.63, 3.8) is 0 Å². The van der Waals surface area contributed by atoms with Gasteiger partial charge in [-0.25, -0.2) is 4.68 Å². The number of hydrogen-bond donors (Lipinski definition) is 0. The number of carbonyl (C=O) groups is 1. The van der Waals surface area contributed by atoms with Crippen LogP contribution in [0.5, 0.6) is 0 Å². The largest absolute Gasteiger partial charge is 0.368 e. The molecule has 6 nitrogen and oxygen atoms in total. The highest BCUT2D eigenvalue weighted by Gasteiger charge is 2.21. The van der Waals surface area contributed by atoms with E-state index in [2.05, 4.69) is 59.4 Å². The molecule has 0 N–H and O–H groups in total. The van der Waals surface area contributed by atoms with Gasteiger partial charge < -0.3 is 9.80 Å². The van der Waals surface area contributed by atoms with E-state index in [1.165, 1.54) is 16.8 Å². The molecule has 1 aromatic heterocycles. The number of aryl methyl sites for hydroxylation is 1. The molecule has 0 bridgehead atoms. The van der Waals surface area contributed by atoms with Crippen molar-refractivity contribution in [1.29, 1.82) is 0 Å². The minimum Gasteiger partial charge on any atom is -0.368 e. The van der Waals surface area contributed by atoms with Crippen LogP contribution >= 0.6 is 0 Å². The van der Waals surface area contributed by atoms with E-state index >= 15 is 0 Å². The lowest BCUT2D eigenvalue weighted by Gasteiger charge is -2.36. The van der Waals surface area contributed by atoms with Gasteiger partial charge in [0.1, 0.15) is 5.69 Å². The van der Waals surface area contributed by atoms with Gasteiger partial charge in [-0.15, -0.1) is 5.10 Å². The Hall–Kier alpha value is -3.41. The minimum atomic E-state index is 0.0215. The molecule has 1 aliphatic rings. The van der Waals surface area contributed by atoms with E-state index in [1.54, 1.807) is 16.8 Å². The van der Waals surface area contributed by atoms with E-state index in [1.807, 2.05) is 29.3 Å². The van der Waals surface area contributed by atoms with Crippen LogP contribution in [0.25, 0.3) is 6.08 Å². The molecule has 0 aliphatic carbocycles. The third-order valence-corrected chi connectivity index (χ3v) is 5.65. The molecule has 4 rings (SSSR count). The number of amides is 1. The van der Waals surface area contributed by atoms with Crippen molar-refractivity contribution in [2.24, 2.45) is 0 Å². The first kappa shape index (κ1) is 19.9. The second kappa shape index (κ2) is 8.95. The number of nitrogens with zero attached hydrogens (tertiary/aromatic N) is 5. The van der Waals surface area contributed by atoms with E-state index in [9.17, 15) is 4.79 Å². The Bertz CT molecular complexity index is 1030. The molecule has 154 valence electrons. The molecule has 2 aromatic carbocycles. The summed E-state index contributed by atoms with van der Waals surface area (Å²) >= 11 is 0. The van der Waals surface area contributed by atoms with Gasteiger partial charge in [-0.1, -0.05) is 47.7 Å². The number of piperazine rings is 1. The fourth-order valence-electron chi connectivity index (χ4n) is 3.75. The Morgan fingerprint density at radius 2 is 1.77 bits per heavy atom. The average molecular weight is 402 g/mol. The van der Waals surface area contributed by atoms with Crippen LogP contribution in [0.15, 0.2) is 60.8 Å².